The Labute approximate surface area is 137 Å². The summed E-state index contributed by atoms with van der Waals surface area (Å²) in [5.74, 6) is 8.74. The maximum atomic E-state index is 6.37. The topological polar surface area (TPSA) is 9.23 Å². The van der Waals surface area contributed by atoms with Gasteiger partial charge >= 0.3 is 0 Å². The molecule has 2 heterocycles. The summed E-state index contributed by atoms with van der Waals surface area (Å²) >= 11 is 14.0. The van der Waals surface area contributed by atoms with Gasteiger partial charge in [-0.15, -0.1) is 12.6 Å². The molecule has 2 aliphatic heterocycles. The third-order valence-electron chi connectivity index (χ3n) is 7.54. The van der Waals surface area contributed by atoms with Gasteiger partial charge < -0.3 is 4.74 Å². The van der Waals surface area contributed by atoms with Crippen LogP contribution in [0, 0.1) is 47.3 Å². The molecule has 1 nitrogen and oxygen atoms in total. The predicted molar refractivity (Wildman–Crippen MR) is 90.6 cm³/mol. The second kappa shape index (κ2) is 3.98. The molecule has 5 aliphatic rings. The van der Waals surface area contributed by atoms with Gasteiger partial charge in [0.25, 0.3) is 0 Å². The lowest BCUT2D eigenvalue weighted by Gasteiger charge is -2.58. The number of thiol groups is 3. The van der Waals surface area contributed by atoms with Crippen molar-refractivity contribution in [2.45, 2.75) is 25.0 Å². The molecule has 10 atom stereocenters. The molecule has 5 rings (SSSR count). The summed E-state index contributed by atoms with van der Waals surface area (Å²) in [6.07, 6.45) is 4.08. The van der Waals surface area contributed by atoms with Crippen molar-refractivity contribution in [3.8, 4) is 0 Å². The minimum absolute atomic E-state index is 0.0734. The minimum atomic E-state index is -0.0734. The highest BCUT2D eigenvalue weighted by Crippen LogP contribution is 2.76. The molecule has 20 heavy (non-hydrogen) atoms. The summed E-state index contributed by atoms with van der Waals surface area (Å²) in [6.45, 7) is 2.29. The highest BCUT2D eigenvalue weighted by molar-refractivity contribution is 7.84. The van der Waals surface area contributed by atoms with Crippen molar-refractivity contribution in [2.24, 2.45) is 47.3 Å². The van der Waals surface area contributed by atoms with E-state index < -0.39 is 0 Å². The number of hydrogen-bond donors (Lipinski definition) is 3. The molecule has 3 saturated carbocycles. The van der Waals surface area contributed by atoms with Crippen LogP contribution in [0.4, 0.5) is 0 Å². The zero-order valence-electron chi connectivity index (χ0n) is 11.6. The van der Waals surface area contributed by atoms with Crippen molar-refractivity contribution < 1.29 is 4.74 Å². The van der Waals surface area contributed by atoms with Crippen LogP contribution >= 0.6 is 37.9 Å². The van der Waals surface area contributed by atoms with Crippen LogP contribution in [-0.2, 0) is 4.74 Å². The van der Waals surface area contributed by atoms with Crippen molar-refractivity contribution in [2.75, 3.05) is 11.5 Å². The fraction of sp³-hybridized carbons (Fsp3) is 0.875. The Morgan fingerprint density at radius 3 is 2.45 bits per heavy atom. The van der Waals surface area contributed by atoms with E-state index in [1.165, 1.54) is 11.3 Å². The first-order valence-corrected chi connectivity index (χ1v) is 9.64. The first-order chi connectivity index (χ1) is 9.61. The van der Waals surface area contributed by atoms with Gasteiger partial charge in [-0.2, -0.15) is 25.3 Å². The van der Waals surface area contributed by atoms with Gasteiger partial charge in [0.05, 0.1) is 11.7 Å². The normalized spacial score (nSPS) is 65.0. The Kier molecular flexibility index (Phi) is 2.63. The van der Waals surface area contributed by atoms with Gasteiger partial charge in [0, 0.05) is 10.8 Å². The summed E-state index contributed by atoms with van der Waals surface area (Å²) in [6, 6.07) is 0. The number of rotatable bonds is 2. The molecule has 3 aliphatic carbocycles. The van der Waals surface area contributed by atoms with Crippen molar-refractivity contribution in [1.29, 1.82) is 0 Å². The van der Waals surface area contributed by atoms with Crippen molar-refractivity contribution in [1.82, 2.24) is 0 Å². The van der Waals surface area contributed by atoms with Crippen LogP contribution in [0.1, 0.15) is 13.3 Å². The Morgan fingerprint density at radius 2 is 1.80 bits per heavy atom. The maximum absolute atomic E-state index is 6.37. The van der Waals surface area contributed by atoms with E-state index in [2.05, 4.69) is 38.3 Å². The Balaban J connectivity index is 1.55. The van der Waals surface area contributed by atoms with Gasteiger partial charge in [0.15, 0.2) is 0 Å². The Bertz CT molecular complexity index is 506. The molecule has 0 amide bonds. The summed E-state index contributed by atoms with van der Waals surface area (Å²) < 4.78 is 6.37. The average molecular weight is 327 g/mol. The molecule has 0 aromatic heterocycles. The van der Waals surface area contributed by atoms with Gasteiger partial charge in [-0.1, -0.05) is 0 Å². The number of hydrogen-bond acceptors (Lipinski definition) is 4. The minimum Gasteiger partial charge on any atom is -0.362 e. The summed E-state index contributed by atoms with van der Waals surface area (Å²) in [5, 5.41) is 0. The lowest BCUT2D eigenvalue weighted by molar-refractivity contribution is -0.0801. The molecule has 1 saturated heterocycles. The maximum Gasteiger partial charge on any atom is 0.0999 e. The van der Waals surface area contributed by atoms with Crippen LogP contribution in [0.25, 0.3) is 0 Å². The molecule has 0 N–H and O–H groups in total. The smallest absolute Gasteiger partial charge is 0.0999 e. The van der Waals surface area contributed by atoms with Gasteiger partial charge in [0.2, 0.25) is 0 Å². The van der Waals surface area contributed by atoms with Crippen LogP contribution in [0.15, 0.2) is 11.0 Å². The summed E-state index contributed by atoms with van der Waals surface area (Å²) in [4.78, 5) is 1.19. The zero-order chi connectivity index (χ0) is 13.8. The summed E-state index contributed by atoms with van der Waals surface area (Å²) in [7, 11) is 0. The number of fused-ring (bicyclic) bond motifs is 12. The molecule has 110 valence electrons. The van der Waals surface area contributed by atoms with E-state index in [0.717, 1.165) is 58.8 Å². The fourth-order valence-electron chi connectivity index (χ4n) is 7.06. The van der Waals surface area contributed by atoms with Crippen LogP contribution in [-0.4, -0.2) is 23.2 Å². The Hall–Kier alpha value is 0.750. The number of ether oxygens (including phenoxy) is 1. The molecule has 0 aromatic rings. The van der Waals surface area contributed by atoms with Gasteiger partial charge in [0.1, 0.15) is 0 Å². The van der Waals surface area contributed by atoms with Crippen LogP contribution in [0.5, 0.6) is 0 Å². The third-order valence-corrected chi connectivity index (χ3v) is 8.97. The van der Waals surface area contributed by atoms with Crippen LogP contribution < -0.4 is 0 Å². The molecule has 0 aromatic carbocycles. The lowest BCUT2D eigenvalue weighted by atomic mass is 9.47. The molecule has 0 unspecified atom stereocenters. The van der Waals surface area contributed by atoms with E-state index in [1.54, 1.807) is 0 Å². The van der Waals surface area contributed by atoms with E-state index in [-0.39, 0.29) is 5.60 Å². The van der Waals surface area contributed by atoms with Crippen molar-refractivity contribution in [3.05, 3.63) is 11.0 Å². The first kappa shape index (κ1) is 13.2. The van der Waals surface area contributed by atoms with Crippen LogP contribution in [0.3, 0.4) is 0 Å². The van der Waals surface area contributed by atoms with E-state index in [9.17, 15) is 0 Å². The molecule has 4 heteroatoms. The predicted octanol–water partition coefficient (Wildman–Crippen LogP) is 3.19. The van der Waals surface area contributed by atoms with Gasteiger partial charge in [-0.3, -0.25) is 0 Å². The quantitative estimate of drug-likeness (QED) is 0.661. The molecular formula is C16H22OS3. The SMILES string of the molecule is C[C@@]12O[C@@H](C=C1S)[C@H]1[C@@H]3C[C@H]([C@@H]4[C@@H](CS)[C@H](CS)[C@H]34)[C@H]12. The average Bonchev–Trinajstić information content (AvgIpc) is 3.05. The standard InChI is InChI=1S/C16H22OS3/c1-16-11(20)3-10(17-16)14-6-2-7(15(14)16)13-9(5-19)8(4-18)12(6)13/h3,6-10,12-15,18-20H,2,4-5H2,1H3/t6-,7-,8+,9+,10+,12+,13-,14-,15-,16-/m1/s1. The highest BCUT2D eigenvalue weighted by atomic mass is 32.1. The van der Waals surface area contributed by atoms with Crippen molar-refractivity contribution in [3.63, 3.8) is 0 Å². The van der Waals surface area contributed by atoms with E-state index in [1.807, 2.05) is 0 Å². The monoisotopic (exact) mass is 326 g/mol. The molecule has 4 bridgehead atoms. The first-order valence-electron chi connectivity index (χ1n) is 7.92. The lowest BCUT2D eigenvalue weighted by Crippen LogP contribution is -2.57. The largest absolute Gasteiger partial charge is 0.362 e. The highest BCUT2D eigenvalue weighted by Gasteiger charge is 2.75. The molecule has 0 radical (unpaired) electrons. The van der Waals surface area contributed by atoms with Crippen LogP contribution in [0.2, 0.25) is 0 Å². The zero-order valence-corrected chi connectivity index (χ0v) is 14.3. The molecular weight excluding hydrogens is 304 g/mol. The second-order valence-electron chi connectivity index (χ2n) is 7.76. The molecule has 0 spiro atoms. The van der Waals surface area contributed by atoms with E-state index >= 15 is 0 Å². The molecule has 4 fully saturated rings. The van der Waals surface area contributed by atoms with E-state index in [0.29, 0.717) is 6.10 Å². The fourth-order valence-corrected chi connectivity index (χ4v) is 8.43. The van der Waals surface area contributed by atoms with Gasteiger partial charge in [-0.25, -0.2) is 0 Å². The van der Waals surface area contributed by atoms with E-state index in [4.69, 9.17) is 17.4 Å². The summed E-state index contributed by atoms with van der Waals surface area (Å²) in [5.41, 5.74) is -0.0734. The Morgan fingerprint density at radius 1 is 1.15 bits per heavy atom. The second-order valence-corrected chi connectivity index (χ2v) is 8.97. The van der Waals surface area contributed by atoms with Gasteiger partial charge in [-0.05, 0) is 72.4 Å². The van der Waals surface area contributed by atoms with Crippen molar-refractivity contribution >= 4 is 37.9 Å². The third kappa shape index (κ3) is 1.21.